The minimum atomic E-state index is 0.120. The Balaban J connectivity index is 1.42. The Morgan fingerprint density at radius 1 is 1.24 bits per heavy atom. The van der Waals surface area contributed by atoms with Crippen molar-refractivity contribution < 1.29 is 4.74 Å². The van der Waals surface area contributed by atoms with E-state index in [9.17, 15) is 0 Å². The van der Waals surface area contributed by atoms with Gasteiger partial charge in [0, 0.05) is 19.3 Å². The molecule has 0 unspecified atom stereocenters. The topological polar surface area (TPSA) is 73.9 Å². The van der Waals surface area contributed by atoms with Gasteiger partial charge in [-0.05, 0) is 35.0 Å². The third-order valence-electron chi connectivity index (χ3n) is 4.28. The van der Waals surface area contributed by atoms with Crippen molar-refractivity contribution in [3.63, 3.8) is 0 Å². The van der Waals surface area contributed by atoms with E-state index in [0.717, 1.165) is 36.7 Å². The fourth-order valence-corrected chi connectivity index (χ4v) is 3.08. The zero-order valence-electron chi connectivity index (χ0n) is 14.2. The Bertz CT molecular complexity index is 813. The van der Waals surface area contributed by atoms with Gasteiger partial charge in [0.15, 0.2) is 5.82 Å². The number of hydrogen-bond acceptors (Lipinski definition) is 6. The average Bonchev–Trinajstić information content (AvgIpc) is 3.25. The van der Waals surface area contributed by atoms with E-state index in [-0.39, 0.29) is 6.10 Å². The second kappa shape index (κ2) is 7.12. The molecular formula is C17H21N7O. The predicted octanol–water partition coefficient (Wildman–Crippen LogP) is 1.07. The summed E-state index contributed by atoms with van der Waals surface area (Å²) in [7, 11) is 0. The van der Waals surface area contributed by atoms with Crippen molar-refractivity contribution in [3.8, 4) is 5.69 Å². The molecule has 0 amide bonds. The van der Waals surface area contributed by atoms with E-state index in [1.165, 1.54) is 0 Å². The van der Waals surface area contributed by atoms with Gasteiger partial charge in [-0.2, -0.15) is 9.78 Å². The van der Waals surface area contributed by atoms with E-state index in [1.807, 2.05) is 54.3 Å². The maximum atomic E-state index is 5.89. The zero-order chi connectivity index (χ0) is 17.1. The highest BCUT2D eigenvalue weighted by Crippen LogP contribution is 2.13. The Kier molecular flexibility index (Phi) is 4.53. The normalized spacial score (nSPS) is 18.5. The van der Waals surface area contributed by atoms with Gasteiger partial charge in [-0.3, -0.25) is 9.58 Å². The van der Waals surface area contributed by atoms with Gasteiger partial charge in [-0.25, -0.2) is 0 Å². The van der Waals surface area contributed by atoms with Gasteiger partial charge in [0.25, 0.3) is 0 Å². The number of aromatic nitrogens is 6. The van der Waals surface area contributed by atoms with Crippen molar-refractivity contribution in [1.82, 2.24) is 34.9 Å². The molecule has 1 aromatic carbocycles. The van der Waals surface area contributed by atoms with Crippen LogP contribution in [-0.4, -0.2) is 60.7 Å². The highest BCUT2D eigenvalue weighted by molar-refractivity contribution is 5.30. The summed E-state index contributed by atoms with van der Waals surface area (Å²) in [5.41, 5.74) is 2.13. The molecule has 1 atom stereocenters. The van der Waals surface area contributed by atoms with Crippen LogP contribution < -0.4 is 0 Å². The number of benzene rings is 1. The van der Waals surface area contributed by atoms with Crippen molar-refractivity contribution in [2.75, 3.05) is 19.7 Å². The maximum Gasteiger partial charge on any atom is 0.170 e. The molecule has 0 aliphatic carbocycles. The lowest BCUT2D eigenvalue weighted by molar-refractivity contribution is -0.0410. The Labute approximate surface area is 146 Å². The summed E-state index contributed by atoms with van der Waals surface area (Å²) in [5, 5.41) is 16.5. The van der Waals surface area contributed by atoms with Gasteiger partial charge in [-0.15, -0.1) is 5.10 Å². The number of hydrogen-bond donors (Lipinski definition) is 0. The quantitative estimate of drug-likeness (QED) is 0.692. The standard InChI is InChI=1S/C17H21N7O/c1-14-9-18-23(10-14)12-16-11-22(7-8-25-16)13-17-19-20-21-24(17)15-5-3-2-4-6-15/h2-6,9-10,16H,7-8,11-13H2,1H3/t16-/m1/s1. The average molecular weight is 339 g/mol. The number of rotatable bonds is 5. The monoisotopic (exact) mass is 339 g/mol. The molecule has 2 aromatic heterocycles. The van der Waals surface area contributed by atoms with Gasteiger partial charge < -0.3 is 4.74 Å². The van der Waals surface area contributed by atoms with E-state index >= 15 is 0 Å². The van der Waals surface area contributed by atoms with Gasteiger partial charge >= 0.3 is 0 Å². The molecule has 0 saturated carbocycles. The zero-order valence-corrected chi connectivity index (χ0v) is 14.2. The van der Waals surface area contributed by atoms with Gasteiger partial charge in [0.1, 0.15) is 0 Å². The number of morpholine rings is 1. The van der Waals surface area contributed by atoms with Crippen LogP contribution in [0, 0.1) is 6.92 Å². The Hall–Kier alpha value is -2.58. The summed E-state index contributed by atoms with van der Waals surface area (Å²) in [6.07, 6.45) is 4.03. The van der Waals surface area contributed by atoms with Crippen LogP contribution in [0.2, 0.25) is 0 Å². The van der Waals surface area contributed by atoms with Crippen LogP contribution in [0.1, 0.15) is 11.4 Å². The molecule has 0 N–H and O–H groups in total. The molecular weight excluding hydrogens is 318 g/mol. The van der Waals surface area contributed by atoms with Crippen LogP contribution >= 0.6 is 0 Å². The predicted molar refractivity (Wildman–Crippen MR) is 91.1 cm³/mol. The fraction of sp³-hybridized carbons (Fsp3) is 0.412. The van der Waals surface area contributed by atoms with Crippen LogP contribution in [0.25, 0.3) is 5.69 Å². The van der Waals surface area contributed by atoms with Gasteiger partial charge in [0.05, 0.1) is 37.7 Å². The fourth-order valence-electron chi connectivity index (χ4n) is 3.08. The Morgan fingerprint density at radius 3 is 2.92 bits per heavy atom. The molecule has 3 aromatic rings. The SMILES string of the molecule is Cc1cnn(C[C@H]2CN(Cc3nnnn3-c3ccccc3)CCO2)c1. The van der Waals surface area contributed by atoms with E-state index in [4.69, 9.17) is 4.74 Å². The maximum absolute atomic E-state index is 5.89. The molecule has 1 aliphatic heterocycles. The Morgan fingerprint density at radius 2 is 2.12 bits per heavy atom. The van der Waals surface area contributed by atoms with Crippen molar-refractivity contribution >= 4 is 0 Å². The minimum absolute atomic E-state index is 0.120. The number of ether oxygens (including phenoxy) is 1. The highest BCUT2D eigenvalue weighted by atomic mass is 16.5. The first-order valence-electron chi connectivity index (χ1n) is 8.43. The van der Waals surface area contributed by atoms with E-state index in [1.54, 1.807) is 4.68 Å². The van der Waals surface area contributed by atoms with Gasteiger partial charge in [-0.1, -0.05) is 18.2 Å². The highest BCUT2D eigenvalue weighted by Gasteiger charge is 2.23. The lowest BCUT2D eigenvalue weighted by Gasteiger charge is -2.32. The molecule has 3 heterocycles. The summed E-state index contributed by atoms with van der Waals surface area (Å²) in [6, 6.07) is 9.95. The molecule has 4 rings (SSSR count). The molecule has 130 valence electrons. The molecule has 8 nitrogen and oxygen atoms in total. The summed E-state index contributed by atoms with van der Waals surface area (Å²) in [5.74, 6) is 0.835. The largest absolute Gasteiger partial charge is 0.374 e. The summed E-state index contributed by atoms with van der Waals surface area (Å²) in [4.78, 5) is 2.33. The summed E-state index contributed by atoms with van der Waals surface area (Å²) >= 11 is 0. The van der Waals surface area contributed by atoms with E-state index in [0.29, 0.717) is 13.2 Å². The van der Waals surface area contributed by atoms with Crippen LogP contribution in [0.4, 0.5) is 0 Å². The number of tetrazole rings is 1. The third-order valence-corrected chi connectivity index (χ3v) is 4.28. The third kappa shape index (κ3) is 3.75. The van der Waals surface area contributed by atoms with Crippen LogP contribution in [0.5, 0.6) is 0 Å². The second-order valence-corrected chi connectivity index (χ2v) is 6.31. The first-order valence-corrected chi connectivity index (χ1v) is 8.43. The summed E-state index contributed by atoms with van der Waals surface area (Å²) < 4.78 is 9.63. The first kappa shape index (κ1) is 15.9. The minimum Gasteiger partial charge on any atom is -0.374 e. The molecule has 0 spiro atoms. The van der Waals surface area contributed by atoms with E-state index in [2.05, 4.69) is 25.5 Å². The molecule has 8 heteroatoms. The number of para-hydroxylation sites is 1. The molecule has 25 heavy (non-hydrogen) atoms. The lowest BCUT2D eigenvalue weighted by Crippen LogP contribution is -2.44. The smallest absolute Gasteiger partial charge is 0.170 e. The molecule has 0 radical (unpaired) electrons. The summed E-state index contributed by atoms with van der Waals surface area (Å²) in [6.45, 7) is 5.91. The molecule has 0 bridgehead atoms. The van der Waals surface area contributed by atoms with Gasteiger partial charge in [0.2, 0.25) is 0 Å². The van der Waals surface area contributed by atoms with Crippen molar-refractivity contribution in [3.05, 3.63) is 54.1 Å². The van der Waals surface area contributed by atoms with Crippen molar-refractivity contribution in [2.45, 2.75) is 26.1 Å². The number of nitrogens with zero attached hydrogens (tertiary/aromatic N) is 7. The molecule has 1 saturated heterocycles. The van der Waals surface area contributed by atoms with E-state index < -0.39 is 0 Å². The van der Waals surface area contributed by atoms with Crippen molar-refractivity contribution in [2.24, 2.45) is 0 Å². The van der Waals surface area contributed by atoms with Crippen LogP contribution in [0.3, 0.4) is 0 Å². The van der Waals surface area contributed by atoms with Crippen LogP contribution in [-0.2, 0) is 17.8 Å². The molecule has 1 fully saturated rings. The number of aryl methyl sites for hydroxylation is 1. The lowest BCUT2D eigenvalue weighted by atomic mass is 10.2. The molecule has 1 aliphatic rings. The second-order valence-electron chi connectivity index (χ2n) is 6.31. The first-order chi connectivity index (χ1) is 12.3. The van der Waals surface area contributed by atoms with Crippen LogP contribution in [0.15, 0.2) is 42.7 Å². The van der Waals surface area contributed by atoms with Crippen molar-refractivity contribution in [1.29, 1.82) is 0 Å².